The summed E-state index contributed by atoms with van der Waals surface area (Å²) in [6.45, 7) is 9.14. The number of nitrogens with zero attached hydrogens (tertiary/aromatic N) is 1. The van der Waals surface area contributed by atoms with E-state index in [4.69, 9.17) is 0 Å². The number of hydrogen-bond acceptors (Lipinski definition) is 2. The lowest BCUT2D eigenvalue weighted by atomic mass is 10.0. The van der Waals surface area contributed by atoms with Gasteiger partial charge in [-0.2, -0.15) is 12.6 Å². The molecular weight excluding hydrogens is 238 g/mol. The lowest BCUT2D eigenvalue weighted by Crippen LogP contribution is -2.32. The fraction of sp³-hybridized carbons (Fsp3) is 0.625. The molecule has 1 unspecified atom stereocenters. The van der Waals surface area contributed by atoms with Gasteiger partial charge in [0, 0.05) is 12.6 Å². The molecule has 0 N–H and O–H groups in total. The molecule has 1 nitrogen and oxygen atoms in total. The third-order valence-electron chi connectivity index (χ3n) is 3.49. The van der Waals surface area contributed by atoms with Crippen LogP contribution >= 0.6 is 12.6 Å². The summed E-state index contributed by atoms with van der Waals surface area (Å²) in [6.07, 6.45) is 2.49. The van der Waals surface area contributed by atoms with Gasteiger partial charge >= 0.3 is 0 Å². The van der Waals surface area contributed by atoms with Crippen molar-refractivity contribution in [2.24, 2.45) is 5.92 Å². The van der Waals surface area contributed by atoms with Crippen LogP contribution in [0.4, 0.5) is 0 Å². The zero-order valence-corrected chi connectivity index (χ0v) is 12.9. The Balaban J connectivity index is 2.45. The van der Waals surface area contributed by atoms with Crippen LogP contribution in [-0.4, -0.2) is 23.2 Å². The molecule has 0 amide bonds. The zero-order chi connectivity index (χ0) is 13.4. The first-order valence-corrected chi connectivity index (χ1v) is 7.65. The Labute approximate surface area is 118 Å². The topological polar surface area (TPSA) is 3.24 Å². The molecule has 1 aromatic carbocycles. The van der Waals surface area contributed by atoms with Crippen molar-refractivity contribution in [1.82, 2.24) is 4.90 Å². The highest BCUT2D eigenvalue weighted by Crippen LogP contribution is 2.13. The fourth-order valence-electron chi connectivity index (χ4n) is 2.09. The third kappa shape index (κ3) is 5.92. The maximum atomic E-state index is 4.31. The van der Waals surface area contributed by atoms with E-state index in [0.29, 0.717) is 6.04 Å². The van der Waals surface area contributed by atoms with Gasteiger partial charge in [0.15, 0.2) is 0 Å². The first-order chi connectivity index (χ1) is 8.63. The van der Waals surface area contributed by atoms with Gasteiger partial charge < -0.3 is 0 Å². The molecule has 18 heavy (non-hydrogen) atoms. The van der Waals surface area contributed by atoms with Crippen molar-refractivity contribution < 1.29 is 0 Å². The minimum absolute atomic E-state index is 0.605. The highest BCUT2D eigenvalue weighted by Gasteiger charge is 2.11. The van der Waals surface area contributed by atoms with E-state index in [1.807, 2.05) is 0 Å². The second-order valence-electron chi connectivity index (χ2n) is 5.46. The van der Waals surface area contributed by atoms with Gasteiger partial charge in [-0.3, -0.25) is 4.90 Å². The molecule has 0 fully saturated rings. The molecule has 0 heterocycles. The molecule has 102 valence electrons. The highest BCUT2D eigenvalue weighted by molar-refractivity contribution is 7.80. The molecule has 1 rings (SSSR count). The van der Waals surface area contributed by atoms with Gasteiger partial charge in [-0.25, -0.2) is 0 Å². The summed E-state index contributed by atoms with van der Waals surface area (Å²) in [5, 5.41) is 0. The van der Waals surface area contributed by atoms with E-state index in [9.17, 15) is 0 Å². The molecule has 0 aliphatic heterocycles. The van der Waals surface area contributed by atoms with Crippen LogP contribution in [0.15, 0.2) is 30.3 Å². The molecule has 0 bridgehead atoms. The summed E-state index contributed by atoms with van der Waals surface area (Å²) in [5.41, 5.74) is 1.41. The van der Waals surface area contributed by atoms with Gasteiger partial charge in [0.2, 0.25) is 0 Å². The maximum absolute atomic E-state index is 4.31. The van der Waals surface area contributed by atoms with Crippen LogP contribution in [0.5, 0.6) is 0 Å². The Bertz CT molecular complexity index is 310. The molecular formula is C16H27NS. The van der Waals surface area contributed by atoms with Crippen LogP contribution in [0.1, 0.15) is 39.2 Å². The van der Waals surface area contributed by atoms with Crippen molar-refractivity contribution in [2.45, 2.75) is 46.2 Å². The first-order valence-electron chi connectivity index (χ1n) is 7.02. The summed E-state index contributed by atoms with van der Waals surface area (Å²) in [4.78, 5) is 2.56. The minimum atomic E-state index is 0.605. The molecule has 0 radical (unpaired) electrons. The van der Waals surface area contributed by atoms with E-state index in [0.717, 1.165) is 18.2 Å². The van der Waals surface area contributed by atoms with E-state index in [1.54, 1.807) is 0 Å². The molecule has 0 saturated carbocycles. The zero-order valence-electron chi connectivity index (χ0n) is 12.0. The number of thiol groups is 1. The Morgan fingerprint density at radius 3 is 2.28 bits per heavy atom. The van der Waals surface area contributed by atoms with E-state index >= 15 is 0 Å². The van der Waals surface area contributed by atoms with Crippen LogP contribution in [-0.2, 0) is 6.54 Å². The molecule has 0 saturated heterocycles. The van der Waals surface area contributed by atoms with Crippen LogP contribution in [0.3, 0.4) is 0 Å². The highest BCUT2D eigenvalue weighted by atomic mass is 32.1. The van der Waals surface area contributed by atoms with E-state index < -0.39 is 0 Å². The Morgan fingerprint density at radius 2 is 1.72 bits per heavy atom. The van der Waals surface area contributed by atoms with Crippen LogP contribution in [0.2, 0.25) is 0 Å². The van der Waals surface area contributed by atoms with Crippen molar-refractivity contribution in [3.8, 4) is 0 Å². The predicted octanol–water partition coefficient (Wildman–Crippen LogP) is 4.24. The predicted molar refractivity (Wildman–Crippen MR) is 84.2 cm³/mol. The summed E-state index contributed by atoms with van der Waals surface area (Å²) >= 11 is 4.31. The SMILES string of the molecule is CC(CCS)CCN(Cc1ccccc1)C(C)C. The monoisotopic (exact) mass is 265 g/mol. The smallest absolute Gasteiger partial charge is 0.0236 e. The van der Waals surface area contributed by atoms with Crippen molar-refractivity contribution in [1.29, 1.82) is 0 Å². The van der Waals surface area contributed by atoms with Crippen LogP contribution in [0.25, 0.3) is 0 Å². The molecule has 0 aromatic heterocycles. The average Bonchev–Trinajstić information content (AvgIpc) is 2.35. The van der Waals surface area contributed by atoms with E-state index in [-0.39, 0.29) is 0 Å². The normalized spacial score (nSPS) is 13.2. The van der Waals surface area contributed by atoms with E-state index in [2.05, 4.69) is 68.6 Å². The standard InChI is InChI=1S/C16H27NS/c1-14(2)17(11-9-15(3)10-12-18)13-16-7-5-4-6-8-16/h4-8,14-15,18H,9-13H2,1-3H3. The Kier molecular flexibility index (Phi) is 7.45. The fourth-order valence-corrected chi connectivity index (χ4v) is 2.53. The largest absolute Gasteiger partial charge is 0.297 e. The second-order valence-corrected chi connectivity index (χ2v) is 5.90. The average molecular weight is 265 g/mol. The molecule has 0 spiro atoms. The van der Waals surface area contributed by atoms with Gasteiger partial charge in [0.05, 0.1) is 0 Å². The van der Waals surface area contributed by atoms with Crippen molar-refractivity contribution in [3.05, 3.63) is 35.9 Å². The van der Waals surface area contributed by atoms with Crippen molar-refractivity contribution in [3.63, 3.8) is 0 Å². The van der Waals surface area contributed by atoms with Crippen molar-refractivity contribution in [2.75, 3.05) is 12.3 Å². The summed E-state index contributed by atoms with van der Waals surface area (Å²) < 4.78 is 0. The molecule has 0 aliphatic carbocycles. The number of hydrogen-bond donors (Lipinski definition) is 1. The third-order valence-corrected chi connectivity index (χ3v) is 3.75. The summed E-state index contributed by atoms with van der Waals surface area (Å²) in [6, 6.07) is 11.4. The number of benzene rings is 1. The van der Waals surface area contributed by atoms with Gasteiger partial charge in [-0.15, -0.1) is 0 Å². The van der Waals surface area contributed by atoms with E-state index in [1.165, 1.54) is 24.9 Å². The first kappa shape index (κ1) is 15.6. The quantitative estimate of drug-likeness (QED) is 0.688. The van der Waals surface area contributed by atoms with Gasteiger partial charge in [0.25, 0.3) is 0 Å². The minimum Gasteiger partial charge on any atom is -0.297 e. The Hall–Kier alpha value is -0.470. The molecule has 0 aliphatic rings. The maximum Gasteiger partial charge on any atom is 0.0236 e. The van der Waals surface area contributed by atoms with Crippen molar-refractivity contribution >= 4 is 12.6 Å². The van der Waals surface area contributed by atoms with Gasteiger partial charge in [0.1, 0.15) is 0 Å². The van der Waals surface area contributed by atoms with Crippen LogP contribution in [0, 0.1) is 5.92 Å². The lowest BCUT2D eigenvalue weighted by Gasteiger charge is -2.27. The second kappa shape index (κ2) is 8.60. The summed E-state index contributed by atoms with van der Waals surface area (Å²) in [7, 11) is 0. The summed E-state index contributed by atoms with van der Waals surface area (Å²) in [5.74, 6) is 1.78. The van der Waals surface area contributed by atoms with Gasteiger partial charge in [-0.05, 0) is 50.5 Å². The number of rotatable bonds is 8. The molecule has 1 aromatic rings. The molecule has 1 atom stereocenters. The molecule has 2 heteroatoms. The Morgan fingerprint density at radius 1 is 1.06 bits per heavy atom. The van der Waals surface area contributed by atoms with Crippen LogP contribution < -0.4 is 0 Å². The lowest BCUT2D eigenvalue weighted by molar-refractivity contribution is 0.198. The van der Waals surface area contributed by atoms with Gasteiger partial charge in [-0.1, -0.05) is 37.3 Å².